The Morgan fingerprint density at radius 2 is 1.02 bits per heavy atom. The summed E-state index contributed by atoms with van der Waals surface area (Å²) in [7, 11) is 0. The van der Waals surface area contributed by atoms with E-state index < -0.39 is 78.3 Å². The van der Waals surface area contributed by atoms with E-state index in [1.54, 1.807) is 53.8 Å². The highest BCUT2D eigenvalue weighted by molar-refractivity contribution is 5.89. The summed E-state index contributed by atoms with van der Waals surface area (Å²) in [6.45, 7) is 6.01. The van der Waals surface area contributed by atoms with Crippen LogP contribution < -0.4 is 11.1 Å². The predicted octanol–water partition coefficient (Wildman–Crippen LogP) is 9.35. The number of likely N-dealkylation sites (tertiary alicyclic amines) is 4. The van der Waals surface area contributed by atoms with Crippen molar-refractivity contribution in [3.05, 3.63) is 143 Å². The first-order chi connectivity index (χ1) is 40.9. The average Bonchev–Trinajstić information content (AvgIpc) is 1.66. The summed E-state index contributed by atoms with van der Waals surface area (Å²) in [6.07, 6.45) is 9.52. The van der Waals surface area contributed by atoms with Crippen molar-refractivity contribution in [3.8, 4) is 0 Å². The van der Waals surface area contributed by atoms with Crippen LogP contribution in [0.5, 0.6) is 0 Å². The highest BCUT2D eigenvalue weighted by Gasteiger charge is 2.60. The van der Waals surface area contributed by atoms with Gasteiger partial charge in [-0.15, -0.1) is 0 Å². The SMILES string of the molecule is CC(C)(C)OC(=O)N[C@H](C(=O)N1C[C@@H](O)[C@@H]2[C@H]1[C@@H](c1c[nH]c3cc(F)ccc13)CN2C(=O)OCc1ccccc1)C1CCCCC1.N[C@H](C(=O)N1C[C@@H](O)[C@@H]2[C@H]1[C@@H](c1c[nH]c3cc(F)ccc13)CN2C(=O)OCc1ccccc1)C1CCCCC1. The van der Waals surface area contributed by atoms with Crippen molar-refractivity contribution in [2.24, 2.45) is 17.6 Å². The monoisotopic (exact) mass is 1170 g/mol. The van der Waals surface area contributed by atoms with Gasteiger partial charge in [0.2, 0.25) is 11.8 Å². The van der Waals surface area contributed by atoms with Crippen LogP contribution >= 0.6 is 0 Å². The number of nitrogens with zero attached hydrogens (tertiary/aromatic N) is 4. The van der Waals surface area contributed by atoms with Gasteiger partial charge in [-0.3, -0.25) is 19.4 Å². The summed E-state index contributed by atoms with van der Waals surface area (Å²) in [4.78, 5) is 81.2. The van der Waals surface area contributed by atoms with E-state index in [9.17, 15) is 43.0 Å². The summed E-state index contributed by atoms with van der Waals surface area (Å²) >= 11 is 0. The Bertz CT molecular complexity index is 3350. The standard InChI is InChI=1S/C35H43FN4O6.C30H35FN4O4/c1-35(2,3)46-33(43)38-29(22-12-8-5-9-13-22)32(42)39-19-28(41)31-30(39)26(25-17-37-27-16-23(36)14-15-24(25)27)18-40(31)34(44)45-20-21-10-6-4-7-11-21;31-20-11-12-21-22(14-33-24(21)13-20)23-15-35(30(38)39-17-18-7-3-1-4-8-18)28-25(36)16-34(27(23)28)29(37)26(32)19-9-5-2-6-10-19/h4,6-7,10-11,14-17,22,26,28-31,37,41H,5,8-9,12-13,18-20H2,1-3H3,(H,38,43);1,3-4,7-8,11-14,19,23,25-28,33,36H,2,5-6,9-10,15-17,32H2/t26-,28-,29+,30-,31-;23-,25-,26+,27-,28-/m11/s1. The maximum atomic E-state index is 14.6. The number of carbonyl (C=O) groups excluding carboxylic acids is 5. The second-order valence-electron chi connectivity index (χ2n) is 25.0. The first-order valence-electron chi connectivity index (χ1n) is 30.1. The molecule has 18 nitrogen and oxygen atoms in total. The van der Waals surface area contributed by atoms with E-state index in [-0.39, 0.29) is 80.6 Å². The molecule has 2 aliphatic carbocycles. The largest absolute Gasteiger partial charge is 0.445 e. The molecular weight excluding hydrogens is 1090 g/mol. The molecule has 6 aromatic rings. The molecule has 6 heterocycles. The quantitative estimate of drug-likeness (QED) is 0.0669. The van der Waals surface area contributed by atoms with E-state index in [2.05, 4.69) is 15.3 Å². The van der Waals surface area contributed by atoms with Gasteiger partial charge in [0.1, 0.15) is 36.5 Å². The number of rotatable bonds is 11. The number of aromatic amines is 2. The molecule has 10 atom stereocenters. The van der Waals surface area contributed by atoms with Crippen molar-refractivity contribution < 1.29 is 57.2 Å². The van der Waals surface area contributed by atoms with Gasteiger partial charge in [0.25, 0.3) is 0 Å². The van der Waals surface area contributed by atoms with Gasteiger partial charge in [-0.25, -0.2) is 23.2 Å². The van der Waals surface area contributed by atoms with Crippen LogP contribution in [-0.2, 0) is 37.0 Å². The molecule has 0 unspecified atom stereocenters. The summed E-state index contributed by atoms with van der Waals surface area (Å²) < 4.78 is 45.0. The molecule has 4 saturated heterocycles. The molecule has 0 radical (unpaired) electrons. The Labute approximate surface area is 493 Å². The van der Waals surface area contributed by atoms with Gasteiger partial charge in [0, 0.05) is 72.2 Å². The zero-order valence-corrected chi connectivity index (χ0v) is 48.4. The van der Waals surface area contributed by atoms with Crippen molar-refractivity contribution in [2.45, 2.75) is 164 Å². The molecule has 452 valence electrons. The molecule has 12 rings (SSSR count). The second-order valence-corrected chi connectivity index (χ2v) is 25.0. The van der Waals surface area contributed by atoms with Gasteiger partial charge >= 0.3 is 18.3 Å². The van der Waals surface area contributed by atoms with Gasteiger partial charge in [0.05, 0.1) is 42.4 Å². The minimum atomic E-state index is -1.04. The second kappa shape index (κ2) is 25.2. The van der Waals surface area contributed by atoms with Crippen molar-refractivity contribution in [1.29, 1.82) is 0 Å². The lowest BCUT2D eigenvalue weighted by Crippen LogP contribution is -2.55. The van der Waals surface area contributed by atoms with Crippen LogP contribution in [0.15, 0.2) is 109 Å². The maximum Gasteiger partial charge on any atom is 0.410 e. The van der Waals surface area contributed by atoms with E-state index in [0.29, 0.717) is 11.0 Å². The zero-order valence-electron chi connectivity index (χ0n) is 48.4. The van der Waals surface area contributed by atoms with Crippen LogP contribution in [0.1, 0.15) is 119 Å². The number of benzene rings is 4. The van der Waals surface area contributed by atoms with Crippen molar-refractivity contribution in [1.82, 2.24) is 34.9 Å². The molecule has 0 bridgehead atoms. The highest BCUT2D eigenvalue weighted by atomic mass is 19.1. The fourth-order valence-electron chi connectivity index (χ4n) is 14.5. The Kier molecular flexibility index (Phi) is 17.5. The number of ether oxygens (including phenoxy) is 3. The van der Waals surface area contributed by atoms with E-state index in [1.807, 2.05) is 66.9 Å². The molecule has 6 fully saturated rings. The number of aromatic nitrogens is 2. The van der Waals surface area contributed by atoms with Gasteiger partial charge in [-0.05, 0) is 117 Å². The van der Waals surface area contributed by atoms with Crippen LogP contribution in [0.2, 0.25) is 0 Å². The third-order valence-electron chi connectivity index (χ3n) is 18.4. The average molecular weight is 1170 g/mol. The van der Waals surface area contributed by atoms with E-state index in [0.717, 1.165) is 97.2 Å². The van der Waals surface area contributed by atoms with Gasteiger partial charge in [-0.2, -0.15) is 0 Å². The number of hydrogen-bond acceptors (Lipinski definition) is 11. The van der Waals surface area contributed by atoms with E-state index in [4.69, 9.17) is 19.9 Å². The lowest BCUT2D eigenvalue weighted by molar-refractivity contribution is -0.137. The normalized spacial score (nSPS) is 25.0. The van der Waals surface area contributed by atoms with E-state index >= 15 is 0 Å². The third kappa shape index (κ3) is 12.6. The fourth-order valence-corrected chi connectivity index (χ4v) is 14.5. The maximum absolute atomic E-state index is 14.6. The summed E-state index contributed by atoms with van der Waals surface area (Å²) in [5.74, 6) is -1.91. The number of alkyl carbamates (subject to hydrolysis) is 1. The van der Waals surface area contributed by atoms with Crippen LogP contribution in [0.4, 0.5) is 23.2 Å². The number of β-amino-alcohol motifs (C(OH)–C–C–N with tert-alkyl or cyclic N) is 2. The molecule has 2 saturated carbocycles. The number of aliphatic hydroxyl groups excluding tert-OH is 2. The van der Waals surface area contributed by atoms with Crippen molar-refractivity contribution in [2.75, 3.05) is 26.2 Å². The molecule has 85 heavy (non-hydrogen) atoms. The molecule has 7 N–H and O–H groups in total. The number of H-pyrrole nitrogens is 2. The topological polar surface area (TPSA) is 236 Å². The molecule has 5 amide bonds. The lowest BCUT2D eigenvalue weighted by atomic mass is 9.83. The van der Waals surface area contributed by atoms with Crippen LogP contribution in [0, 0.1) is 23.5 Å². The first-order valence-corrected chi connectivity index (χ1v) is 30.1. The number of amides is 5. The first kappa shape index (κ1) is 59.2. The predicted molar refractivity (Wildman–Crippen MR) is 314 cm³/mol. The zero-order chi connectivity index (χ0) is 59.7. The van der Waals surface area contributed by atoms with Crippen LogP contribution in [0.25, 0.3) is 21.8 Å². The number of nitrogens with two attached hydrogens (primary N) is 1. The number of carbonyl (C=O) groups is 5. The van der Waals surface area contributed by atoms with Crippen LogP contribution in [0.3, 0.4) is 0 Å². The number of nitrogens with one attached hydrogen (secondary N) is 3. The van der Waals surface area contributed by atoms with E-state index in [1.165, 1.54) is 29.2 Å². The lowest BCUT2D eigenvalue weighted by Gasteiger charge is -2.36. The molecule has 4 aromatic carbocycles. The van der Waals surface area contributed by atoms with Crippen LogP contribution in [-0.4, -0.2) is 150 Å². The molecule has 20 heteroatoms. The summed E-state index contributed by atoms with van der Waals surface area (Å²) in [5.41, 5.74) is 10.4. The summed E-state index contributed by atoms with van der Waals surface area (Å²) in [5, 5.41) is 27.2. The minimum Gasteiger partial charge on any atom is -0.445 e. The van der Waals surface area contributed by atoms with Gasteiger partial charge in [0.15, 0.2) is 0 Å². The fraction of sp³-hybridized carbons (Fsp3) is 0.492. The Balaban J connectivity index is 0.000000179. The smallest absolute Gasteiger partial charge is 0.410 e. The van der Waals surface area contributed by atoms with Gasteiger partial charge < -0.3 is 55.2 Å². The molecule has 6 aliphatic rings. The summed E-state index contributed by atoms with van der Waals surface area (Å²) in [6, 6.07) is 23.8. The van der Waals surface area contributed by atoms with Gasteiger partial charge in [-0.1, -0.05) is 99.2 Å². The van der Waals surface area contributed by atoms with Crippen molar-refractivity contribution >= 4 is 51.9 Å². The number of fused-ring (bicyclic) bond motifs is 4. The number of aliphatic hydroxyl groups is 2. The highest BCUT2D eigenvalue weighted by Crippen LogP contribution is 2.46. The number of hydrogen-bond donors (Lipinski definition) is 6. The molecule has 0 spiro atoms. The molecule has 2 aromatic heterocycles. The Morgan fingerprint density at radius 1 is 0.588 bits per heavy atom. The Hall–Kier alpha value is -7.55. The third-order valence-corrected chi connectivity index (χ3v) is 18.4. The number of halogens is 2. The van der Waals surface area contributed by atoms with Crippen molar-refractivity contribution in [3.63, 3.8) is 0 Å². The molecule has 4 aliphatic heterocycles. The minimum absolute atomic E-state index is 0.0106. The Morgan fingerprint density at radius 3 is 1.47 bits per heavy atom. The molecular formula is C65H78F2N8O10.